The zero-order valence-electron chi connectivity index (χ0n) is 10.3. The van der Waals surface area contributed by atoms with E-state index in [-0.39, 0.29) is 11.8 Å². The molecule has 0 aromatic carbocycles. The number of rotatable bonds is 2. The maximum atomic E-state index is 11.8. The smallest absolute Gasteiger partial charge is 0.271 e. The van der Waals surface area contributed by atoms with Gasteiger partial charge in [-0.05, 0) is 28.1 Å². The van der Waals surface area contributed by atoms with Crippen molar-refractivity contribution >= 4 is 33.4 Å². The van der Waals surface area contributed by atoms with Gasteiger partial charge in [0.05, 0.1) is 5.56 Å². The molecule has 0 atom stereocenters. The summed E-state index contributed by atoms with van der Waals surface area (Å²) >= 11 is 3.15. The molecule has 2 rings (SSSR count). The number of aromatic nitrogens is 3. The number of carbonyl (C=O) groups excluding carboxylic acids is 2. The van der Waals surface area contributed by atoms with Crippen molar-refractivity contribution < 1.29 is 9.59 Å². The van der Waals surface area contributed by atoms with E-state index in [4.69, 9.17) is 0 Å². The van der Waals surface area contributed by atoms with Crippen LogP contribution >= 0.6 is 15.9 Å². The first-order valence-corrected chi connectivity index (χ1v) is 6.39. The van der Waals surface area contributed by atoms with Gasteiger partial charge in [0.25, 0.3) is 5.91 Å². The predicted molar refractivity (Wildman–Crippen MR) is 71.1 cm³/mol. The second-order valence-corrected chi connectivity index (χ2v) is 4.91. The molecule has 0 radical (unpaired) electrons. The van der Waals surface area contributed by atoms with Crippen LogP contribution in [0.3, 0.4) is 0 Å². The number of hydrazine groups is 1. The molecule has 0 aliphatic heterocycles. The van der Waals surface area contributed by atoms with Gasteiger partial charge in [0.2, 0.25) is 10.6 Å². The van der Waals surface area contributed by atoms with Gasteiger partial charge in [0.1, 0.15) is 0 Å². The van der Waals surface area contributed by atoms with Crippen molar-refractivity contribution in [3.63, 3.8) is 0 Å². The van der Waals surface area contributed by atoms with E-state index >= 15 is 0 Å². The predicted octanol–water partition coefficient (Wildman–Crippen LogP) is 0.909. The highest BCUT2D eigenvalue weighted by Crippen LogP contribution is 2.08. The van der Waals surface area contributed by atoms with Crippen molar-refractivity contribution in [1.82, 2.24) is 25.4 Å². The van der Waals surface area contributed by atoms with Crippen molar-refractivity contribution in [3.05, 3.63) is 28.6 Å². The van der Waals surface area contributed by atoms with E-state index in [9.17, 15) is 9.59 Å². The fraction of sp³-hybridized carbons (Fsp3) is 0.273. The van der Waals surface area contributed by atoms with Crippen LogP contribution in [0.25, 0.3) is 5.65 Å². The zero-order valence-corrected chi connectivity index (χ0v) is 11.9. The molecule has 0 saturated carbocycles. The first-order chi connectivity index (χ1) is 8.97. The van der Waals surface area contributed by atoms with Gasteiger partial charge in [-0.2, -0.15) is 0 Å². The molecular formula is C11H12BrN5O2. The average Bonchev–Trinajstić information content (AvgIpc) is 2.74. The van der Waals surface area contributed by atoms with Crippen molar-refractivity contribution in [3.8, 4) is 0 Å². The summed E-state index contributed by atoms with van der Waals surface area (Å²) in [6.07, 6.45) is 1.53. The van der Waals surface area contributed by atoms with E-state index in [0.717, 1.165) is 0 Å². The second-order valence-electron chi connectivity index (χ2n) is 4.20. The summed E-state index contributed by atoms with van der Waals surface area (Å²) in [5.74, 6) is -0.866. The van der Waals surface area contributed by atoms with E-state index in [1.807, 2.05) is 0 Å². The van der Waals surface area contributed by atoms with Gasteiger partial charge in [-0.3, -0.25) is 20.4 Å². The maximum absolute atomic E-state index is 11.8. The fourth-order valence-electron chi connectivity index (χ4n) is 1.33. The molecule has 2 amide bonds. The van der Waals surface area contributed by atoms with Gasteiger partial charge >= 0.3 is 0 Å². The number of nitrogens with zero attached hydrogens (tertiary/aromatic N) is 3. The third-order valence-electron chi connectivity index (χ3n) is 2.39. The lowest BCUT2D eigenvalue weighted by atomic mass is 10.2. The Morgan fingerprint density at radius 1 is 1.32 bits per heavy atom. The number of hydrogen-bond donors (Lipinski definition) is 2. The fourth-order valence-corrected chi connectivity index (χ4v) is 1.68. The van der Waals surface area contributed by atoms with Crippen LogP contribution in [-0.2, 0) is 4.79 Å². The van der Waals surface area contributed by atoms with Crippen LogP contribution in [-0.4, -0.2) is 26.4 Å². The van der Waals surface area contributed by atoms with Crippen molar-refractivity contribution in [1.29, 1.82) is 0 Å². The molecule has 2 aromatic rings. The molecule has 19 heavy (non-hydrogen) atoms. The monoisotopic (exact) mass is 325 g/mol. The van der Waals surface area contributed by atoms with Crippen molar-refractivity contribution in [2.75, 3.05) is 0 Å². The molecule has 8 heteroatoms. The molecule has 0 aliphatic rings. The molecule has 0 spiro atoms. The molecule has 7 nitrogen and oxygen atoms in total. The van der Waals surface area contributed by atoms with Gasteiger partial charge in [-0.25, -0.2) is 9.50 Å². The molecule has 0 bridgehead atoms. The Labute approximate surface area is 117 Å². The largest absolute Gasteiger partial charge is 0.273 e. The lowest BCUT2D eigenvalue weighted by Crippen LogP contribution is -2.43. The van der Waals surface area contributed by atoms with E-state index in [1.54, 1.807) is 26.0 Å². The van der Waals surface area contributed by atoms with Crippen LogP contribution in [0, 0.1) is 5.92 Å². The second kappa shape index (κ2) is 5.35. The summed E-state index contributed by atoms with van der Waals surface area (Å²) in [4.78, 5) is 27.2. The molecule has 0 saturated heterocycles. The summed E-state index contributed by atoms with van der Waals surface area (Å²) < 4.78 is 1.92. The van der Waals surface area contributed by atoms with Crippen LogP contribution in [0.1, 0.15) is 24.2 Å². The number of carbonyl (C=O) groups is 2. The summed E-state index contributed by atoms with van der Waals surface area (Å²) in [5.41, 5.74) is 5.67. The highest BCUT2D eigenvalue weighted by molar-refractivity contribution is 9.10. The SMILES string of the molecule is CC(C)C(=O)NNC(=O)c1ccc2nc(Br)nn2c1. The zero-order chi connectivity index (χ0) is 14.0. The number of amides is 2. The van der Waals surface area contributed by atoms with Gasteiger partial charge in [0, 0.05) is 12.1 Å². The summed E-state index contributed by atoms with van der Waals surface area (Å²) in [6, 6.07) is 3.27. The van der Waals surface area contributed by atoms with Crippen molar-refractivity contribution in [2.24, 2.45) is 5.92 Å². The molecule has 2 N–H and O–H groups in total. The highest BCUT2D eigenvalue weighted by Gasteiger charge is 2.11. The van der Waals surface area contributed by atoms with Crippen LogP contribution in [0.5, 0.6) is 0 Å². The first kappa shape index (κ1) is 13.5. The van der Waals surface area contributed by atoms with Crippen LogP contribution in [0.15, 0.2) is 23.1 Å². The average molecular weight is 326 g/mol. The molecule has 0 aliphatic carbocycles. The number of fused-ring (bicyclic) bond motifs is 1. The molecule has 100 valence electrons. The van der Waals surface area contributed by atoms with E-state index in [2.05, 4.69) is 36.9 Å². The van der Waals surface area contributed by atoms with Gasteiger partial charge < -0.3 is 0 Å². The summed E-state index contributed by atoms with van der Waals surface area (Å²) in [6.45, 7) is 3.47. The minimum atomic E-state index is -0.414. The molecule has 0 fully saturated rings. The van der Waals surface area contributed by atoms with E-state index in [0.29, 0.717) is 15.9 Å². The Hall–Kier alpha value is -1.96. The topological polar surface area (TPSA) is 88.4 Å². The molecule has 2 aromatic heterocycles. The Balaban J connectivity index is 2.10. The highest BCUT2D eigenvalue weighted by atomic mass is 79.9. The van der Waals surface area contributed by atoms with E-state index in [1.165, 1.54) is 10.7 Å². The lowest BCUT2D eigenvalue weighted by Gasteiger charge is -2.09. The first-order valence-electron chi connectivity index (χ1n) is 5.59. The van der Waals surface area contributed by atoms with Gasteiger partial charge in [-0.15, -0.1) is 5.10 Å². The standard InChI is InChI=1S/C11H12BrN5O2/c1-6(2)9(18)14-15-10(19)7-3-4-8-13-11(12)16-17(8)5-7/h3-6H,1-2H3,(H,14,18)(H,15,19). The van der Waals surface area contributed by atoms with Crippen LogP contribution < -0.4 is 10.9 Å². The Morgan fingerprint density at radius 3 is 2.74 bits per heavy atom. The summed E-state index contributed by atoms with van der Waals surface area (Å²) in [7, 11) is 0. The van der Waals surface area contributed by atoms with Crippen LogP contribution in [0.2, 0.25) is 0 Å². The van der Waals surface area contributed by atoms with Gasteiger partial charge in [0.15, 0.2) is 5.65 Å². The minimum absolute atomic E-state index is 0.200. The number of hydrogen-bond acceptors (Lipinski definition) is 4. The Morgan fingerprint density at radius 2 is 2.05 bits per heavy atom. The molecular weight excluding hydrogens is 314 g/mol. The third kappa shape index (κ3) is 3.08. The summed E-state index contributed by atoms with van der Waals surface area (Å²) in [5, 5.41) is 4.03. The third-order valence-corrected chi connectivity index (χ3v) is 2.73. The number of pyridine rings is 1. The van der Waals surface area contributed by atoms with Crippen molar-refractivity contribution in [2.45, 2.75) is 13.8 Å². The maximum Gasteiger partial charge on any atom is 0.271 e. The van der Waals surface area contributed by atoms with E-state index < -0.39 is 5.91 Å². The van der Waals surface area contributed by atoms with Gasteiger partial charge in [-0.1, -0.05) is 13.8 Å². The number of nitrogens with one attached hydrogen (secondary N) is 2. The Kier molecular flexibility index (Phi) is 3.79. The number of halogens is 1. The lowest BCUT2D eigenvalue weighted by molar-refractivity contribution is -0.124. The van der Waals surface area contributed by atoms with Crippen LogP contribution in [0.4, 0.5) is 0 Å². The normalized spacial score (nSPS) is 10.7. The minimum Gasteiger partial charge on any atom is -0.273 e. The Bertz CT molecular complexity index is 637. The molecule has 0 unspecified atom stereocenters. The molecule has 2 heterocycles. The quantitative estimate of drug-likeness (QED) is 0.803.